The minimum absolute atomic E-state index is 1.23. The molecule has 0 heterocycles. The maximum Gasteiger partial charge on any atom is 0.0287 e. The molecule has 0 spiro atoms. The number of halogens is 1. The van der Waals surface area contributed by atoms with Gasteiger partial charge in [-0.25, -0.2) is 0 Å². The second-order valence-electron chi connectivity index (χ2n) is 8.27. The van der Waals surface area contributed by atoms with Crippen LogP contribution >= 0.6 is 22.6 Å². The molecule has 0 atom stereocenters. The Balaban J connectivity index is 1.60. The Morgan fingerprint density at radius 2 is 0.758 bits per heavy atom. The lowest BCUT2D eigenvalue weighted by Gasteiger charge is -2.17. The van der Waals surface area contributed by atoms with Crippen molar-refractivity contribution in [2.45, 2.75) is 0 Å². The predicted octanol–water partition coefficient (Wildman–Crippen LogP) is 9.60. The lowest BCUT2D eigenvalue weighted by molar-refractivity contribution is 1.58. The highest BCUT2D eigenvalue weighted by molar-refractivity contribution is 14.1. The van der Waals surface area contributed by atoms with Crippen LogP contribution in [0.4, 0.5) is 0 Å². The number of fused-ring (bicyclic) bond motifs is 2. The van der Waals surface area contributed by atoms with E-state index >= 15 is 0 Å². The molecule has 0 saturated heterocycles. The van der Waals surface area contributed by atoms with Gasteiger partial charge >= 0.3 is 0 Å². The van der Waals surface area contributed by atoms with Gasteiger partial charge in [-0.3, -0.25) is 0 Å². The van der Waals surface area contributed by atoms with Crippen LogP contribution in [0, 0.1) is 3.57 Å². The summed E-state index contributed by atoms with van der Waals surface area (Å²) in [6, 6.07) is 45.9. The molecule has 33 heavy (non-hydrogen) atoms. The third-order valence-corrected chi connectivity index (χ3v) is 7.53. The summed E-state index contributed by atoms with van der Waals surface area (Å²) in [6.45, 7) is 0. The van der Waals surface area contributed by atoms with Crippen molar-refractivity contribution in [2.75, 3.05) is 0 Å². The van der Waals surface area contributed by atoms with E-state index in [0.717, 1.165) is 0 Å². The molecular weight excluding hydrogens is 511 g/mol. The Hall–Kier alpha value is -3.43. The fraction of sp³-hybridized carbons (Fsp3) is 0. The van der Waals surface area contributed by atoms with Gasteiger partial charge in [-0.2, -0.15) is 0 Å². The van der Waals surface area contributed by atoms with Gasteiger partial charge in [0.1, 0.15) is 0 Å². The van der Waals surface area contributed by atoms with Crippen LogP contribution in [0.1, 0.15) is 0 Å². The largest absolute Gasteiger partial charge is 0.0622 e. The van der Waals surface area contributed by atoms with Gasteiger partial charge in [0.15, 0.2) is 0 Å². The van der Waals surface area contributed by atoms with Crippen LogP contribution in [0.5, 0.6) is 0 Å². The summed E-state index contributed by atoms with van der Waals surface area (Å²) in [5.74, 6) is 0. The first-order chi connectivity index (χ1) is 16.3. The minimum atomic E-state index is 1.23. The normalized spacial score (nSPS) is 11.2. The molecule has 0 fully saturated rings. The highest BCUT2D eigenvalue weighted by Crippen LogP contribution is 2.43. The van der Waals surface area contributed by atoms with E-state index in [-0.39, 0.29) is 0 Å². The van der Waals surface area contributed by atoms with E-state index in [1.54, 1.807) is 0 Å². The molecule has 0 radical (unpaired) electrons. The number of hydrogen-bond donors (Lipinski definition) is 0. The quantitative estimate of drug-likeness (QED) is 0.157. The van der Waals surface area contributed by atoms with E-state index in [2.05, 4.69) is 150 Å². The van der Waals surface area contributed by atoms with Gasteiger partial charge in [0.05, 0.1) is 0 Å². The molecule has 0 aliphatic heterocycles. The molecule has 0 aliphatic rings. The molecule has 0 saturated carbocycles. The zero-order valence-corrected chi connectivity index (χ0v) is 20.2. The Morgan fingerprint density at radius 1 is 0.333 bits per heavy atom. The van der Waals surface area contributed by atoms with Crippen molar-refractivity contribution in [3.05, 3.63) is 131 Å². The van der Waals surface area contributed by atoms with Crippen molar-refractivity contribution in [3.8, 4) is 33.4 Å². The lowest BCUT2D eigenvalue weighted by atomic mass is 9.87. The smallest absolute Gasteiger partial charge is 0.0287 e. The van der Waals surface area contributed by atoms with Crippen molar-refractivity contribution >= 4 is 44.1 Å². The monoisotopic (exact) mass is 532 g/mol. The van der Waals surface area contributed by atoms with E-state index in [1.165, 1.54) is 58.5 Å². The average Bonchev–Trinajstić information content (AvgIpc) is 2.90. The van der Waals surface area contributed by atoms with Crippen molar-refractivity contribution in [3.63, 3.8) is 0 Å². The first kappa shape index (κ1) is 20.2. The average molecular weight is 532 g/mol. The standard InChI is InChI=1S/C32H21I/c33-32-29-16-8-6-14-27(29)31(28-15-7-9-17-30(28)32)26-13-5-4-12-25(26)24-20-18-23(19-21-24)22-10-2-1-3-11-22/h1-21H. The minimum Gasteiger partial charge on any atom is -0.0622 e. The first-order valence-electron chi connectivity index (χ1n) is 11.2. The molecule has 6 aromatic carbocycles. The molecule has 0 amide bonds. The van der Waals surface area contributed by atoms with E-state index in [9.17, 15) is 0 Å². The zero-order valence-electron chi connectivity index (χ0n) is 18.0. The Kier molecular flexibility index (Phi) is 5.20. The zero-order chi connectivity index (χ0) is 22.2. The molecular formula is C32H21I. The molecule has 0 bridgehead atoms. The van der Waals surface area contributed by atoms with Crippen molar-refractivity contribution in [1.82, 2.24) is 0 Å². The van der Waals surface area contributed by atoms with Crippen LogP contribution in [-0.2, 0) is 0 Å². The molecule has 0 aromatic heterocycles. The van der Waals surface area contributed by atoms with Crippen LogP contribution in [0.25, 0.3) is 54.9 Å². The molecule has 156 valence electrons. The summed E-state index contributed by atoms with van der Waals surface area (Å²) in [5.41, 5.74) is 7.55. The van der Waals surface area contributed by atoms with E-state index in [4.69, 9.17) is 0 Å². The van der Waals surface area contributed by atoms with E-state index < -0.39 is 0 Å². The molecule has 0 nitrogen and oxygen atoms in total. The van der Waals surface area contributed by atoms with Crippen molar-refractivity contribution < 1.29 is 0 Å². The summed E-state index contributed by atoms with van der Waals surface area (Å²) in [7, 11) is 0. The second-order valence-corrected chi connectivity index (χ2v) is 9.35. The fourth-order valence-electron chi connectivity index (χ4n) is 4.79. The SMILES string of the molecule is Ic1c2ccccc2c(-c2ccccc2-c2ccc(-c3ccccc3)cc2)c2ccccc12. The molecule has 1 heteroatoms. The Morgan fingerprint density at radius 3 is 1.36 bits per heavy atom. The number of hydrogen-bond acceptors (Lipinski definition) is 0. The van der Waals surface area contributed by atoms with Gasteiger partial charge in [0, 0.05) is 3.57 Å². The summed E-state index contributed by atoms with van der Waals surface area (Å²) in [6.07, 6.45) is 0. The Bertz CT molecular complexity index is 1540. The van der Waals surface area contributed by atoms with Gasteiger partial charge in [0.2, 0.25) is 0 Å². The summed E-state index contributed by atoms with van der Waals surface area (Å²) >= 11 is 2.50. The van der Waals surface area contributed by atoms with Gasteiger partial charge < -0.3 is 0 Å². The van der Waals surface area contributed by atoms with Crippen molar-refractivity contribution in [2.24, 2.45) is 0 Å². The molecule has 6 rings (SSSR count). The highest BCUT2D eigenvalue weighted by atomic mass is 127. The molecule has 6 aromatic rings. The van der Waals surface area contributed by atoms with E-state index in [1.807, 2.05) is 0 Å². The summed E-state index contributed by atoms with van der Waals surface area (Å²) < 4.78 is 1.31. The van der Waals surface area contributed by atoms with Crippen LogP contribution in [0.3, 0.4) is 0 Å². The van der Waals surface area contributed by atoms with Gasteiger partial charge in [0.25, 0.3) is 0 Å². The maximum atomic E-state index is 2.50. The van der Waals surface area contributed by atoms with Gasteiger partial charge in [-0.1, -0.05) is 127 Å². The Labute approximate surface area is 207 Å². The second kappa shape index (κ2) is 8.49. The third-order valence-electron chi connectivity index (χ3n) is 6.37. The van der Waals surface area contributed by atoms with Gasteiger partial charge in [-0.05, 0) is 77.5 Å². The summed E-state index contributed by atoms with van der Waals surface area (Å²) in [5, 5.41) is 5.21. The van der Waals surface area contributed by atoms with Crippen LogP contribution < -0.4 is 0 Å². The molecule has 0 unspecified atom stereocenters. The van der Waals surface area contributed by atoms with E-state index in [0.29, 0.717) is 0 Å². The van der Waals surface area contributed by atoms with Crippen LogP contribution in [-0.4, -0.2) is 0 Å². The lowest BCUT2D eigenvalue weighted by Crippen LogP contribution is -1.91. The topological polar surface area (TPSA) is 0 Å². The highest BCUT2D eigenvalue weighted by Gasteiger charge is 2.16. The maximum absolute atomic E-state index is 2.50. The van der Waals surface area contributed by atoms with Gasteiger partial charge in [-0.15, -0.1) is 0 Å². The first-order valence-corrected chi connectivity index (χ1v) is 12.2. The number of benzene rings is 6. The molecule has 0 aliphatic carbocycles. The fourth-order valence-corrected chi connectivity index (χ4v) is 5.73. The predicted molar refractivity (Wildman–Crippen MR) is 150 cm³/mol. The van der Waals surface area contributed by atoms with Crippen LogP contribution in [0.2, 0.25) is 0 Å². The third kappa shape index (κ3) is 3.53. The summed E-state index contributed by atoms with van der Waals surface area (Å²) in [4.78, 5) is 0. The number of rotatable bonds is 3. The van der Waals surface area contributed by atoms with Crippen molar-refractivity contribution in [1.29, 1.82) is 0 Å². The molecule has 0 N–H and O–H groups in total. The van der Waals surface area contributed by atoms with Crippen LogP contribution in [0.15, 0.2) is 127 Å².